The van der Waals surface area contributed by atoms with Crippen molar-refractivity contribution in [2.45, 2.75) is 103 Å². The van der Waals surface area contributed by atoms with Gasteiger partial charge in [0, 0.05) is 6.42 Å². The van der Waals surface area contributed by atoms with Crippen molar-refractivity contribution in [1.29, 1.82) is 0 Å². The number of halogens is 3. The molecule has 10 atom stereocenters. The summed E-state index contributed by atoms with van der Waals surface area (Å²) in [5.41, 5.74) is 0.267. The van der Waals surface area contributed by atoms with E-state index in [1.807, 2.05) is 5.32 Å². The molecule has 4 saturated carbocycles. The molecule has 0 heterocycles. The third kappa shape index (κ3) is 4.70. The Hall–Kier alpha value is -0.820. The molecule has 4 fully saturated rings. The first-order valence-electron chi connectivity index (χ1n) is 13.0. The minimum Gasteiger partial charge on any atom is -0.393 e. The van der Waals surface area contributed by atoms with Gasteiger partial charge in [0.15, 0.2) is 0 Å². The molecule has 0 aliphatic heterocycles. The van der Waals surface area contributed by atoms with Gasteiger partial charge in [0.05, 0.1) is 12.2 Å². The maximum absolute atomic E-state index is 12.4. The molecule has 7 heteroatoms. The van der Waals surface area contributed by atoms with Crippen LogP contribution in [0.3, 0.4) is 0 Å². The first-order chi connectivity index (χ1) is 15.3. The van der Waals surface area contributed by atoms with Gasteiger partial charge in [0.1, 0.15) is 6.54 Å². The van der Waals surface area contributed by atoms with Crippen LogP contribution in [0.25, 0.3) is 0 Å². The monoisotopic (exact) mass is 473 g/mol. The maximum atomic E-state index is 12.4. The third-order valence-corrected chi connectivity index (χ3v) is 10.7. The molecule has 190 valence electrons. The number of fused-ring (bicyclic) bond motifs is 5. The summed E-state index contributed by atoms with van der Waals surface area (Å²) in [6.45, 7) is 5.67. The lowest BCUT2D eigenvalue weighted by atomic mass is 9.44. The van der Waals surface area contributed by atoms with E-state index in [1.54, 1.807) is 0 Å². The molecule has 0 bridgehead atoms. The van der Waals surface area contributed by atoms with Gasteiger partial charge in [-0.2, -0.15) is 13.2 Å². The van der Waals surface area contributed by atoms with Crippen LogP contribution in [0.5, 0.6) is 0 Å². The third-order valence-electron chi connectivity index (χ3n) is 10.7. The zero-order valence-corrected chi connectivity index (χ0v) is 20.3. The second-order valence-corrected chi connectivity index (χ2v) is 12.4. The molecule has 0 radical (unpaired) electrons. The van der Waals surface area contributed by atoms with Gasteiger partial charge >= 0.3 is 6.18 Å². The summed E-state index contributed by atoms with van der Waals surface area (Å²) in [6, 6.07) is 0. The van der Waals surface area contributed by atoms with E-state index >= 15 is 0 Å². The van der Waals surface area contributed by atoms with Crippen LogP contribution in [0, 0.1) is 46.3 Å². The van der Waals surface area contributed by atoms with Crippen LogP contribution in [-0.4, -0.2) is 41.0 Å². The SMILES string of the molecule is CC(CCC(=O)NCC(F)(F)F)C1CCC2C3C[C@H](O)[C@@H]4C[C@H](O)CCC4(C)C3CCC12C. The largest absolute Gasteiger partial charge is 0.405 e. The summed E-state index contributed by atoms with van der Waals surface area (Å²) >= 11 is 0. The molecule has 4 rings (SSSR count). The molecule has 0 spiro atoms. The van der Waals surface area contributed by atoms with Crippen LogP contribution < -0.4 is 5.32 Å². The summed E-state index contributed by atoms with van der Waals surface area (Å²) in [6.07, 6.45) is 3.68. The topological polar surface area (TPSA) is 69.6 Å². The molecule has 4 aliphatic rings. The lowest BCUT2D eigenvalue weighted by Gasteiger charge is -2.62. The van der Waals surface area contributed by atoms with E-state index in [0.717, 1.165) is 51.4 Å². The average molecular weight is 474 g/mol. The van der Waals surface area contributed by atoms with E-state index in [0.29, 0.717) is 30.1 Å². The molecule has 0 aromatic heterocycles. The first-order valence-corrected chi connectivity index (χ1v) is 13.0. The number of carbonyl (C=O) groups excluding carboxylic acids is 1. The summed E-state index contributed by atoms with van der Waals surface area (Å²) in [4.78, 5) is 11.9. The lowest BCUT2D eigenvalue weighted by molar-refractivity contribution is -0.172. The van der Waals surface area contributed by atoms with Crippen LogP contribution in [0.15, 0.2) is 0 Å². The fourth-order valence-corrected chi connectivity index (χ4v) is 9.10. The summed E-state index contributed by atoms with van der Waals surface area (Å²) in [5, 5.41) is 23.4. The lowest BCUT2D eigenvalue weighted by Crippen LogP contribution is -2.58. The molecule has 4 aliphatic carbocycles. The predicted octanol–water partition coefficient (Wildman–Crippen LogP) is 5.07. The second-order valence-electron chi connectivity index (χ2n) is 12.4. The quantitative estimate of drug-likeness (QED) is 0.522. The Labute approximate surface area is 196 Å². The molecule has 3 N–H and O–H groups in total. The smallest absolute Gasteiger partial charge is 0.393 e. The van der Waals surface area contributed by atoms with E-state index < -0.39 is 18.6 Å². The minimum atomic E-state index is -4.37. The standard InChI is InChI=1S/C26H42F3NO3/c1-15(4-7-23(33)30-14-26(27,28)29)18-5-6-19-17-13-22(32)21-12-16(31)8-10-25(21,3)20(17)9-11-24(18,19)2/h15-22,31-32H,4-14H2,1-3H3,(H,30,33)/t15?,16-,17?,18?,19?,20?,21+,22+,24?,25?/m1/s1. The van der Waals surface area contributed by atoms with Crippen molar-refractivity contribution >= 4 is 5.91 Å². The summed E-state index contributed by atoms with van der Waals surface area (Å²) in [7, 11) is 0. The molecule has 33 heavy (non-hydrogen) atoms. The molecular formula is C26H42F3NO3. The van der Waals surface area contributed by atoms with Gasteiger partial charge < -0.3 is 15.5 Å². The van der Waals surface area contributed by atoms with Crippen molar-refractivity contribution < 1.29 is 28.2 Å². The van der Waals surface area contributed by atoms with Crippen LogP contribution in [0.1, 0.15) is 85.0 Å². The van der Waals surface area contributed by atoms with Crippen molar-refractivity contribution in [1.82, 2.24) is 5.32 Å². The fourth-order valence-electron chi connectivity index (χ4n) is 9.10. The molecule has 0 saturated heterocycles. The number of rotatable bonds is 5. The van der Waals surface area contributed by atoms with Crippen LogP contribution >= 0.6 is 0 Å². The van der Waals surface area contributed by atoms with Gasteiger partial charge in [0.2, 0.25) is 5.91 Å². The number of amides is 1. The number of hydrogen-bond acceptors (Lipinski definition) is 3. The van der Waals surface area contributed by atoms with Gasteiger partial charge in [-0.05, 0) is 104 Å². The van der Waals surface area contributed by atoms with Gasteiger partial charge in [-0.25, -0.2) is 0 Å². The van der Waals surface area contributed by atoms with Crippen molar-refractivity contribution in [3.05, 3.63) is 0 Å². The van der Waals surface area contributed by atoms with E-state index in [-0.39, 0.29) is 41.3 Å². The number of aliphatic hydroxyl groups is 2. The van der Waals surface area contributed by atoms with Crippen LogP contribution in [-0.2, 0) is 4.79 Å². The van der Waals surface area contributed by atoms with Crippen molar-refractivity contribution in [3.63, 3.8) is 0 Å². The highest BCUT2D eigenvalue weighted by Crippen LogP contribution is 2.68. The van der Waals surface area contributed by atoms with Gasteiger partial charge in [-0.1, -0.05) is 20.8 Å². The zero-order chi connectivity index (χ0) is 24.2. The van der Waals surface area contributed by atoms with Crippen LogP contribution in [0.4, 0.5) is 13.2 Å². The normalized spacial score (nSPS) is 46.1. The number of hydrogen-bond donors (Lipinski definition) is 3. The Morgan fingerprint density at radius 3 is 2.36 bits per heavy atom. The fraction of sp³-hybridized carbons (Fsp3) is 0.962. The van der Waals surface area contributed by atoms with Gasteiger partial charge in [0.25, 0.3) is 0 Å². The van der Waals surface area contributed by atoms with Crippen LogP contribution in [0.2, 0.25) is 0 Å². The molecule has 0 aromatic carbocycles. The molecular weight excluding hydrogens is 431 g/mol. The second kappa shape index (κ2) is 9.00. The van der Waals surface area contributed by atoms with Crippen molar-refractivity contribution in [2.75, 3.05) is 6.54 Å². The number of carbonyl (C=O) groups is 1. The van der Waals surface area contributed by atoms with E-state index in [4.69, 9.17) is 0 Å². The molecule has 7 unspecified atom stereocenters. The average Bonchev–Trinajstić information content (AvgIpc) is 3.09. The summed E-state index contributed by atoms with van der Waals surface area (Å²) in [5.74, 6) is 2.09. The Balaban J connectivity index is 1.41. The Bertz CT molecular complexity index is 730. The highest BCUT2D eigenvalue weighted by molar-refractivity contribution is 5.75. The number of alkyl halides is 3. The Kier molecular flexibility index (Phi) is 6.89. The molecule has 4 nitrogen and oxygen atoms in total. The Morgan fingerprint density at radius 2 is 1.67 bits per heavy atom. The molecule has 0 aromatic rings. The zero-order valence-electron chi connectivity index (χ0n) is 20.3. The minimum absolute atomic E-state index is 0.100. The van der Waals surface area contributed by atoms with Gasteiger partial charge in [-0.15, -0.1) is 0 Å². The highest BCUT2D eigenvalue weighted by atomic mass is 19.4. The van der Waals surface area contributed by atoms with Crippen molar-refractivity contribution in [3.8, 4) is 0 Å². The van der Waals surface area contributed by atoms with Gasteiger partial charge in [-0.3, -0.25) is 4.79 Å². The number of aliphatic hydroxyl groups excluding tert-OH is 2. The van der Waals surface area contributed by atoms with E-state index in [2.05, 4.69) is 20.8 Å². The maximum Gasteiger partial charge on any atom is 0.405 e. The van der Waals surface area contributed by atoms with E-state index in [9.17, 15) is 28.2 Å². The number of nitrogens with one attached hydrogen (secondary N) is 1. The molecule has 1 amide bonds. The highest BCUT2D eigenvalue weighted by Gasteiger charge is 2.62. The first kappa shape index (κ1) is 25.3. The Morgan fingerprint density at radius 1 is 1.00 bits per heavy atom. The predicted molar refractivity (Wildman–Crippen MR) is 120 cm³/mol. The summed E-state index contributed by atoms with van der Waals surface area (Å²) < 4.78 is 37.1. The van der Waals surface area contributed by atoms with Crippen molar-refractivity contribution in [2.24, 2.45) is 46.3 Å². The van der Waals surface area contributed by atoms with E-state index in [1.165, 1.54) is 0 Å².